The topological polar surface area (TPSA) is 21.1 Å². The smallest absolute Gasteiger partial charge is 0.121 e. The second kappa shape index (κ2) is 10.8. The van der Waals surface area contributed by atoms with Gasteiger partial charge >= 0.3 is 0 Å². The summed E-state index contributed by atoms with van der Waals surface area (Å²) < 4.78 is 2.33. The number of nitrogens with zero attached hydrogens (tertiary/aromatic N) is 3. The molecule has 0 spiro atoms. The Morgan fingerprint density at radius 2 is 1.18 bits per heavy atom. The molecule has 34 heavy (non-hydrogen) atoms. The van der Waals surface area contributed by atoms with E-state index in [1.165, 1.54) is 74.1 Å². The van der Waals surface area contributed by atoms with Crippen molar-refractivity contribution in [2.75, 3.05) is 19.6 Å². The van der Waals surface area contributed by atoms with Gasteiger partial charge in [-0.05, 0) is 68.4 Å². The Labute approximate surface area is 204 Å². The summed E-state index contributed by atoms with van der Waals surface area (Å²) in [5, 5.41) is 0. The minimum absolute atomic E-state index is 0.467. The third-order valence-electron chi connectivity index (χ3n) is 7.20. The Morgan fingerprint density at radius 1 is 0.647 bits per heavy atom. The van der Waals surface area contributed by atoms with E-state index in [1.54, 1.807) is 0 Å². The highest BCUT2D eigenvalue weighted by Crippen LogP contribution is 2.40. The summed E-state index contributed by atoms with van der Waals surface area (Å²) in [4.78, 5) is 7.50. The second-order valence-electron chi connectivity index (χ2n) is 9.44. The maximum Gasteiger partial charge on any atom is 0.121 e. The molecular formula is C31H35N3. The summed E-state index contributed by atoms with van der Waals surface area (Å²) in [5.41, 5.74) is 4.42. The average molecular weight is 450 g/mol. The molecule has 0 unspecified atom stereocenters. The Balaban J connectivity index is 1.44. The Bertz CT molecular complexity index is 1030. The van der Waals surface area contributed by atoms with E-state index in [2.05, 4.69) is 107 Å². The fraction of sp³-hybridized carbons (Fsp3) is 0.323. The van der Waals surface area contributed by atoms with Gasteiger partial charge in [-0.2, -0.15) is 0 Å². The first-order valence-corrected chi connectivity index (χ1v) is 12.8. The van der Waals surface area contributed by atoms with E-state index in [1.807, 2.05) is 6.33 Å². The molecular weight excluding hydrogens is 414 g/mol. The molecule has 1 fully saturated rings. The summed E-state index contributed by atoms with van der Waals surface area (Å²) in [6.07, 6.45) is 11.8. The Hall–Kier alpha value is -3.17. The van der Waals surface area contributed by atoms with Crippen molar-refractivity contribution in [3.63, 3.8) is 0 Å². The molecule has 0 saturated carbocycles. The largest absolute Gasteiger partial charge is 0.319 e. The van der Waals surface area contributed by atoms with Crippen LogP contribution in [0.3, 0.4) is 0 Å². The molecule has 3 nitrogen and oxygen atoms in total. The van der Waals surface area contributed by atoms with E-state index in [-0.39, 0.29) is 0 Å². The van der Waals surface area contributed by atoms with Gasteiger partial charge in [0.1, 0.15) is 5.54 Å². The second-order valence-corrected chi connectivity index (χ2v) is 9.44. The number of likely N-dealkylation sites (tertiary alicyclic amines) is 1. The number of imidazole rings is 1. The molecule has 0 atom stereocenters. The van der Waals surface area contributed by atoms with Gasteiger partial charge in [-0.3, -0.25) is 0 Å². The van der Waals surface area contributed by atoms with Gasteiger partial charge in [0.05, 0.1) is 12.0 Å². The lowest BCUT2D eigenvalue weighted by molar-refractivity contribution is 0.328. The number of rotatable bonds is 10. The number of benzene rings is 3. The number of unbranched alkanes of at least 4 members (excludes halogenated alkanes) is 2. The zero-order chi connectivity index (χ0) is 23.1. The molecule has 0 amide bonds. The Kier molecular flexibility index (Phi) is 7.21. The van der Waals surface area contributed by atoms with Gasteiger partial charge in [-0.15, -0.1) is 0 Å². The molecule has 1 aromatic heterocycles. The molecule has 3 heteroatoms. The van der Waals surface area contributed by atoms with Crippen LogP contribution < -0.4 is 0 Å². The highest BCUT2D eigenvalue weighted by Gasteiger charge is 2.38. The van der Waals surface area contributed by atoms with E-state index in [0.29, 0.717) is 0 Å². The number of hydrogen-bond donors (Lipinski definition) is 0. The maximum atomic E-state index is 4.89. The van der Waals surface area contributed by atoms with Gasteiger partial charge in [-0.25, -0.2) is 4.98 Å². The summed E-state index contributed by atoms with van der Waals surface area (Å²) >= 11 is 0. The van der Waals surface area contributed by atoms with Crippen LogP contribution in [0.4, 0.5) is 0 Å². The van der Waals surface area contributed by atoms with Crippen LogP contribution in [0.25, 0.3) is 0 Å². The molecule has 5 rings (SSSR count). The first-order valence-electron chi connectivity index (χ1n) is 12.8. The molecule has 0 aliphatic carbocycles. The van der Waals surface area contributed by atoms with Crippen molar-refractivity contribution in [2.24, 2.45) is 0 Å². The van der Waals surface area contributed by atoms with Crippen molar-refractivity contribution in [2.45, 2.75) is 44.1 Å². The van der Waals surface area contributed by atoms with Gasteiger partial charge in [0.15, 0.2) is 0 Å². The zero-order valence-electron chi connectivity index (χ0n) is 20.0. The van der Waals surface area contributed by atoms with Gasteiger partial charge < -0.3 is 9.47 Å². The van der Waals surface area contributed by atoms with Crippen LogP contribution in [0, 0.1) is 0 Å². The van der Waals surface area contributed by atoms with Crippen LogP contribution in [0.1, 0.15) is 54.5 Å². The van der Waals surface area contributed by atoms with Crippen LogP contribution in [0.5, 0.6) is 0 Å². The number of hydrogen-bond acceptors (Lipinski definition) is 2. The molecule has 1 aliphatic heterocycles. The summed E-state index contributed by atoms with van der Waals surface area (Å²) in [7, 11) is 0. The van der Waals surface area contributed by atoms with E-state index >= 15 is 0 Å². The van der Waals surface area contributed by atoms with Crippen molar-refractivity contribution in [1.29, 1.82) is 0 Å². The number of aromatic nitrogens is 2. The lowest BCUT2D eigenvalue weighted by atomic mass is 9.77. The van der Waals surface area contributed by atoms with Crippen LogP contribution in [0.2, 0.25) is 0 Å². The molecule has 1 aliphatic rings. The third kappa shape index (κ3) is 4.71. The van der Waals surface area contributed by atoms with Crippen molar-refractivity contribution in [3.05, 3.63) is 126 Å². The van der Waals surface area contributed by atoms with Crippen molar-refractivity contribution in [1.82, 2.24) is 14.5 Å². The molecule has 174 valence electrons. The molecule has 0 bridgehead atoms. The van der Waals surface area contributed by atoms with E-state index in [9.17, 15) is 0 Å². The van der Waals surface area contributed by atoms with Gasteiger partial charge in [0, 0.05) is 6.20 Å². The van der Waals surface area contributed by atoms with Crippen molar-refractivity contribution < 1.29 is 0 Å². The molecule has 0 N–H and O–H groups in total. The third-order valence-corrected chi connectivity index (χ3v) is 7.20. The lowest BCUT2D eigenvalue weighted by Gasteiger charge is -2.37. The molecule has 4 aromatic rings. The van der Waals surface area contributed by atoms with Crippen LogP contribution in [-0.4, -0.2) is 34.1 Å². The predicted molar refractivity (Wildman–Crippen MR) is 140 cm³/mol. The zero-order valence-corrected chi connectivity index (χ0v) is 20.0. The summed E-state index contributed by atoms with van der Waals surface area (Å²) in [6.45, 7) is 3.85. The normalized spacial score (nSPS) is 14.5. The highest BCUT2D eigenvalue weighted by atomic mass is 15.1. The SMILES string of the molecule is c1ccc(C(c2ccccc2)(c2ccccc2)n2cnc(CCCCCN3CCCC3)c2)cc1. The number of aryl methyl sites for hydroxylation is 1. The first kappa shape index (κ1) is 22.6. The lowest BCUT2D eigenvalue weighted by Crippen LogP contribution is -2.36. The predicted octanol–water partition coefficient (Wildman–Crippen LogP) is 6.53. The van der Waals surface area contributed by atoms with E-state index in [4.69, 9.17) is 4.98 Å². The van der Waals surface area contributed by atoms with Gasteiger partial charge in [0.2, 0.25) is 0 Å². The van der Waals surface area contributed by atoms with Crippen molar-refractivity contribution in [3.8, 4) is 0 Å². The molecule has 0 radical (unpaired) electrons. The first-order chi connectivity index (χ1) is 16.9. The fourth-order valence-electron chi connectivity index (χ4n) is 5.49. The van der Waals surface area contributed by atoms with E-state index in [0.717, 1.165) is 6.42 Å². The molecule has 1 saturated heterocycles. The maximum absolute atomic E-state index is 4.89. The standard InChI is InChI=1S/C31H35N3/c1-5-15-27(16-6-1)31(28-17-7-2-8-18-28,29-19-9-3-10-20-29)34-25-30(32-26-34)21-11-4-12-22-33-23-13-14-24-33/h1-3,5-10,15-20,25-26H,4,11-14,21-24H2. The minimum atomic E-state index is -0.467. The van der Waals surface area contributed by atoms with Crippen LogP contribution >= 0.6 is 0 Å². The molecule has 2 heterocycles. The van der Waals surface area contributed by atoms with Gasteiger partial charge in [0.25, 0.3) is 0 Å². The summed E-state index contributed by atoms with van der Waals surface area (Å²) in [5.74, 6) is 0. The van der Waals surface area contributed by atoms with Crippen LogP contribution in [0.15, 0.2) is 104 Å². The monoisotopic (exact) mass is 449 g/mol. The Morgan fingerprint density at radius 3 is 1.71 bits per heavy atom. The van der Waals surface area contributed by atoms with Gasteiger partial charge in [-0.1, -0.05) is 97.4 Å². The van der Waals surface area contributed by atoms with Crippen LogP contribution in [-0.2, 0) is 12.0 Å². The minimum Gasteiger partial charge on any atom is -0.319 e. The van der Waals surface area contributed by atoms with E-state index < -0.39 is 5.54 Å². The quantitative estimate of drug-likeness (QED) is 0.203. The summed E-state index contributed by atoms with van der Waals surface area (Å²) in [6, 6.07) is 32.5. The molecule has 3 aromatic carbocycles. The van der Waals surface area contributed by atoms with Crippen molar-refractivity contribution >= 4 is 0 Å². The highest BCUT2D eigenvalue weighted by molar-refractivity contribution is 5.50. The fourth-order valence-corrected chi connectivity index (χ4v) is 5.49. The average Bonchev–Trinajstić information content (AvgIpc) is 3.59.